The van der Waals surface area contributed by atoms with Crippen LogP contribution in [-0.4, -0.2) is 13.1 Å². The number of rotatable bonds is 12. The maximum atomic E-state index is 10.9. The van der Waals surface area contributed by atoms with Gasteiger partial charge in [-0.05, 0) is 32.1 Å². The van der Waals surface area contributed by atoms with Gasteiger partial charge in [-0.1, -0.05) is 73.6 Å². The number of hydrogen-bond acceptors (Lipinski definition) is 2. The van der Waals surface area contributed by atoms with E-state index in [1.165, 1.54) is 7.11 Å². The molecule has 0 radical (unpaired) electrons. The molecule has 0 aliphatic rings. The number of carbonyl (C=O) groups excluding carboxylic acids is 1. The quantitative estimate of drug-likeness (QED) is 0.244. The van der Waals surface area contributed by atoms with Crippen molar-refractivity contribution >= 4 is 5.97 Å². The second-order valence-electron chi connectivity index (χ2n) is 5.34. The monoisotopic (exact) mass is 340 g/mol. The van der Waals surface area contributed by atoms with Gasteiger partial charge >= 0.3 is 5.97 Å². The Balaban J connectivity index is 3.56. The fraction of sp³-hybridized carbons (Fsp3) is 0.435. The lowest BCUT2D eigenvalue weighted by atomic mass is 10.2. The summed E-state index contributed by atoms with van der Waals surface area (Å²) in [4.78, 5) is 10.9. The van der Waals surface area contributed by atoms with E-state index in [1.54, 1.807) is 0 Å². The van der Waals surface area contributed by atoms with Crippen molar-refractivity contribution in [2.45, 2.75) is 58.3 Å². The lowest BCUT2D eigenvalue weighted by Gasteiger charge is -1.91. The number of allylic oxidation sites excluding steroid dienone is 10. The van der Waals surface area contributed by atoms with Crippen LogP contribution < -0.4 is 0 Å². The minimum absolute atomic E-state index is 0.204. The zero-order valence-corrected chi connectivity index (χ0v) is 15.7. The second kappa shape index (κ2) is 19.8. The number of carbonyl (C=O) groups is 1. The molecule has 0 fully saturated rings. The van der Waals surface area contributed by atoms with Gasteiger partial charge in [0.2, 0.25) is 0 Å². The van der Waals surface area contributed by atoms with Gasteiger partial charge in [0, 0.05) is 12.8 Å². The Bertz CT molecular complexity index is 522. The molecular weight excluding hydrogens is 308 g/mol. The first-order valence-corrected chi connectivity index (χ1v) is 9.08. The van der Waals surface area contributed by atoms with E-state index in [0.29, 0.717) is 12.8 Å². The molecule has 0 atom stereocenters. The largest absolute Gasteiger partial charge is 0.469 e. The van der Waals surface area contributed by atoms with Gasteiger partial charge in [0.05, 0.1) is 13.5 Å². The topological polar surface area (TPSA) is 26.3 Å². The molecule has 2 nitrogen and oxygen atoms in total. The van der Waals surface area contributed by atoms with Crippen molar-refractivity contribution in [2.75, 3.05) is 7.11 Å². The van der Waals surface area contributed by atoms with E-state index in [-0.39, 0.29) is 5.97 Å². The predicted octanol–water partition coefficient (Wildman–Crippen LogP) is 6.08. The van der Waals surface area contributed by atoms with Crippen molar-refractivity contribution in [1.29, 1.82) is 0 Å². The van der Waals surface area contributed by atoms with Crippen LogP contribution in [0.2, 0.25) is 0 Å². The minimum atomic E-state index is -0.204. The molecular formula is C23H32O2. The van der Waals surface area contributed by atoms with Gasteiger partial charge in [-0.15, -0.1) is 5.92 Å². The Morgan fingerprint density at radius 2 is 1.24 bits per heavy atom. The van der Waals surface area contributed by atoms with Crippen molar-refractivity contribution in [1.82, 2.24) is 0 Å². The van der Waals surface area contributed by atoms with Crippen LogP contribution in [0.3, 0.4) is 0 Å². The van der Waals surface area contributed by atoms with Crippen LogP contribution in [0.25, 0.3) is 0 Å². The SMILES string of the molecule is CC/C=C\C/C=C\C/C=C\C/C=C\C/C=C\CC#CCCC(=O)OC. The van der Waals surface area contributed by atoms with Gasteiger partial charge in [-0.2, -0.15) is 0 Å². The van der Waals surface area contributed by atoms with Crippen LogP contribution in [0.4, 0.5) is 0 Å². The highest BCUT2D eigenvalue weighted by atomic mass is 16.5. The van der Waals surface area contributed by atoms with E-state index >= 15 is 0 Å². The third-order valence-electron chi connectivity index (χ3n) is 3.18. The molecule has 2 heteroatoms. The zero-order valence-electron chi connectivity index (χ0n) is 15.7. The van der Waals surface area contributed by atoms with E-state index in [2.05, 4.69) is 84.3 Å². The molecule has 0 unspecified atom stereocenters. The molecule has 0 heterocycles. The fourth-order valence-corrected chi connectivity index (χ4v) is 1.82. The van der Waals surface area contributed by atoms with E-state index in [4.69, 9.17) is 0 Å². The Labute approximate surface area is 154 Å². The third kappa shape index (κ3) is 19.7. The van der Waals surface area contributed by atoms with Crippen molar-refractivity contribution in [3.8, 4) is 11.8 Å². The van der Waals surface area contributed by atoms with Crippen molar-refractivity contribution in [3.05, 3.63) is 60.8 Å². The fourth-order valence-electron chi connectivity index (χ4n) is 1.82. The maximum absolute atomic E-state index is 10.9. The normalized spacial score (nSPS) is 11.9. The van der Waals surface area contributed by atoms with Gasteiger partial charge in [-0.3, -0.25) is 4.79 Å². The summed E-state index contributed by atoms with van der Waals surface area (Å²) in [7, 11) is 1.40. The summed E-state index contributed by atoms with van der Waals surface area (Å²) in [5, 5.41) is 0. The van der Waals surface area contributed by atoms with E-state index < -0.39 is 0 Å². The first kappa shape index (κ1) is 22.7. The van der Waals surface area contributed by atoms with E-state index in [9.17, 15) is 4.79 Å². The zero-order chi connectivity index (χ0) is 18.4. The third-order valence-corrected chi connectivity index (χ3v) is 3.18. The van der Waals surface area contributed by atoms with Crippen molar-refractivity contribution < 1.29 is 9.53 Å². The molecule has 0 aliphatic heterocycles. The van der Waals surface area contributed by atoms with Crippen LogP contribution in [0.1, 0.15) is 58.3 Å². The van der Waals surface area contributed by atoms with Gasteiger partial charge in [0.1, 0.15) is 0 Å². The summed E-state index contributed by atoms with van der Waals surface area (Å²) in [6.45, 7) is 2.15. The van der Waals surface area contributed by atoms with Crippen LogP contribution in [0.15, 0.2) is 60.8 Å². The summed E-state index contributed by atoms with van der Waals surface area (Å²) in [5.41, 5.74) is 0. The summed E-state index contributed by atoms with van der Waals surface area (Å²) in [6, 6.07) is 0. The molecule has 0 amide bonds. The summed E-state index contributed by atoms with van der Waals surface area (Å²) in [6.07, 6.45) is 28.4. The van der Waals surface area contributed by atoms with Crippen LogP contribution >= 0.6 is 0 Å². The average Bonchev–Trinajstić information content (AvgIpc) is 2.63. The smallest absolute Gasteiger partial charge is 0.306 e. The Morgan fingerprint density at radius 3 is 1.72 bits per heavy atom. The Kier molecular flexibility index (Phi) is 18.0. The van der Waals surface area contributed by atoms with E-state index in [1.807, 2.05) is 0 Å². The molecule has 0 spiro atoms. The van der Waals surface area contributed by atoms with Gasteiger partial charge in [0.15, 0.2) is 0 Å². The molecule has 136 valence electrons. The highest BCUT2D eigenvalue weighted by Gasteiger charge is 1.94. The second-order valence-corrected chi connectivity index (χ2v) is 5.34. The minimum Gasteiger partial charge on any atom is -0.469 e. The summed E-state index contributed by atoms with van der Waals surface area (Å²) < 4.78 is 4.55. The summed E-state index contributed by atoms with van der Waals surface area (Å²) in [5.74, 6) is 5.78. The molecule has 0 saturated carbocycles. The molecule has 25 heavy (non-hydrogen) atoms. The number of esters is 1. The molecule has 0 saturated heterocycles. The molecule has 0 aromatic heterocycles. The molecule has 0 aliphatic carbocycles. The number of ether oxygens (including phenoxy) is 1. The molecule has 0 rings (SSSR count). The lowest BCUT2D eigenvalue weighted by molar-refractivity contribution is -0.140. The highest BCUT2D eigenvalue weighted by molar-refractivity contribution is 5.69. The first-order valence-electron chi connectivity index (χ1n) is 9.08. The molecule has 0 aromatic rings. The molecule has 0 aromatic carbocycles. The lowest BCUT2D eigenvalue weighted by Crippen LogP contribution is -1.98. The standard InChI is InChI=1S/C23H32O2/c1-3-4-5-6-7-8-9-10-11-12-13-14-15-16-17-18-19-20-21-22-23(24)25-2/h4-5,7-8,10-11,13-14,16-17H,3,6,9,12,15,18,21-22H2,1-2H3/b5-4-,8-7-,11-10-,14-13-,17-16-. The Hall–Kier alpha value is -2.27. The van der Waals surface area contributed by atoms with Gasteiger partial charge in [-0.25, -0.2) is 0 Å². The van der Waals surface area contributed by atoms with Gasteiger partial charge < -0.3 is 4.74 Å². The number of methoxy groups -OCH3 is 1. The first-order chi connectivity index (χ1) is 12.3. The van der Waals surface area contributed by atoms with Gasteiger partial charge in [0.25, 0.3) is 0 Å². The summed E-state index contributed by atoms with van der Waals surface area (Å²) >= 11 is 0. The molecule has 0 N–H and O–H groups in total. The highest BCUT2D eigenvalue weighted by Crippen LogP contribution is 1.96. The van der Waals surface area contributed by atoms with E-state index in [0.717, 1.165) is 38.5 Å². The van der Waals surface area contributed by atoms with Crippen LogP contribution in [0.5, 0.6) is 0 Å². The number of hydrogen-bond donors (Lipinski definition) is 0. The molecule has 0 bridgehead atoms. The predicted molar refractivity (Wildman–Crippen MR) is 108 cm³/mol. The van der Waals surface area contributed by atoms with Crippen LogP contribution in [0, 0.1) is 11.8 Å². The van der Waals surface area contributed by atoms with Crippen LogP contribution in [-0.2, 0) is 9.53 Å². The van der Waals surface area contributed by atoms with Crippen molar-refractivity contribution in [3.63, 3.8) is 0 Å². The maximum Gasteiger partial charge on any atom is 0.306 e. The van der Waals surface area contributed by atoms with Crippen molar-refractivity contribution in [2.24, 2.45) is 0 Å². The average molecular weight is 341 g/mol. The Morgan fingerprint density at radius 1 is 0.760 bits per heavy atom.